The van der Waals surface area contributed by atoms with Crippen LogP contribution in [0.4, 0.5) is 0 Å². The Kier molecular flexibility index (Phi) is 4.04. The van der Waals surface area contributed by atoms with Gasteiger partial charge in [0.25, 0.3) is 0 Å². The summed E-state index contributed by atoms with van der Waals surface area (Å²) < 4.78 is 1.80. The second-order valence-corrected chi connectivity index (χ2v) is 4.42. The minimum atomic E-state index is 0.0618. The van der Waals surface area contributed by atoms with Crippen LogP contribution in [0.3, 0.4) is 0 Å². The molecule has 0 spiro atoms. The molecule has 18 heavy (non-hydrogen) atoms. The van der Waals surface area contributed by atoms with E-state index in [1.54, 1.807) is 10.9 Å². The van der Waals surface area contributed by atoms with Gasteiger partial charge >= 0.3 is 0 Å². The van der Waals surface area contributed by atoms with Crippen molar-refractivity contribution in [1.29, 1.82) is 0 Å². The largest absolute Gasteiger partial charge is 0.305 e. The van der Waals surface area contributed by atoms with Gasteiger partial charge in [-0.25, -0.2) is 0 Å². The highest BCUT2D eigenvalue weighted by Crippen LogP contribution is 2.19. The SMILES string of the molecule is CCCNC(c1cnn(C)c1)c1cnc(C)cn1. The van der Waals surface area contributed by atoms with E-state index in [2.05, 4.69) is 27.3 Å². The maximum absolute atomic E-state index is 4.46. The highest BCUT2D eigenvalue weighted by molar-refractivity contribution is 5.22. The van der Waals surface area contributed by atoms with Crippen LogP contribution in [-0.2, 0) is 7.05 Å². The van der Waals surface area contributed by atoms with E-state index in [-0.39, 0.29) is 6.04 Å². The Morgan fingerprint density at radius 1 is 1.28 bits per heavy atom. The van der Waals surface area contributed by atoms with E-state index in [1.807, 2.05) is 32.6 Å². The van der Waals surface area contributed by atoms with E-state index in [0.717, 1.165) is 29.9 Å². The van der Waals surface area contributed by atoms with Crippen LogP contribution in [0.5, 0.6) is 0 Å². The van der Waals surface area contributed by atoms with Gasteiger partial charge in [-0.15, -0.1) is 0 Å². The molecule has 0 saturated carbocycles. The highest BCUT2D eigenvalue weighted by Gasteiger charge is 2.16. The normalized spacial score (nSPS) is 12.6. The Bertz CT molecular complexity index is 488. The van der Waals surface area contributed by atoms with Crippen LogP contribution in [0.15, 0.2) is 24.8 Å². The fourth-order valence-corrected chi connectivity index (χ4v) is 1.82. The van der Waals surface area contributed by atoms with Crippen molar-refractivity contribution in [2.45, 2.75) is 26.3 Å². The summed E-state index contributed by atoms with van der Waals surface area (Å²) in [7, 11) is 1.92. The van der Waals surface area contributed by atoms with Crippen molar-refractivity contribution in [2.24, 2.45) is 7.05 Å². The van der Waals surface area contributed by atoms with Crippen molar-refractivity contribution in [3.63, 3.8) is 0 Å². The van der Waals surface area contributed by atoms with Crippen LogP contribution in [0.1, 0.15) is 36.3 Å². The van der Waals surface area contributed by atoms with Gasteiger partial charge in [0.05, 0.1) is 29.8 Å². The van der Waals surface area contributed by atoms with Crippen molar-refractivity contribution in [1.82, 2.24) is 25.1 Å². The summed E-state index contributed by atoms with van der Waals surface area (Å²) >= 11 is 0. The zero-order valence-corrected chi connectivity index (χ0v) is 11.1. The van der Waals surface area contributed by atoms with Gasteiger partial charge in [-0.1, -0.05) is 6.92 Å². The molecule has 0 fully saturated rings. The molecule has 2 aromatic rings. The molecule has 0 radical (unpaired) electrons. The summed E-state index contributed by atoms with van der Waals surface area (Å²) in [6.45, 7) is 5.03. The summed E-state index contributed by atoms with van der Waals surface area (Å²) in [6.07, 6.45) is 8.59. The Morgan fingerprint density at radius 2 is 2.11 bits per heavy atom. The number of rotatable bonds is 5. The lowest BCUT2D eigenvalue weighted by atomic mass is 10.1. The summed E-state index contributed by atoms with van der Waals surface area (Å²) in [5.41, 5.74) is 2.98. The van der Waals surface area contributed by atoms with Crippen LogP contribution in [0.2, 0.25) is 0 Å². The first-order valence-corrected chi connectivity index (χ1v) is 6.21. The molecule has 5 heteroatoms. The Balaban J connectivity index is 2.27. The third kappa shape index (κ3) is 2.92. The van der Waals surface area contributed by atoms with Gasteiger partial charge in [-0.3, -0.25) is 14.6 Å². The molecular weight excluding hydrogens is 226 g/mol. The van der Waals surface area contributed by atoms with Crippen molar-refractivity contribution in [3.05, 3.63) is 41.7 Å². The standard InChI is InChI=1S/C13H19N5/c1-4-5-14-13(11-7-17-18(3)9-11)12-8-15-10(2)6-16-12/h6-9,13-14H,4-5H2,1-3H3. The smallest absolute Gasteiger partial charge is 0.0802 e. The average Bonchev–Trinajstić information content (AvgIpc) is 2.78. The van der Waals surface area contributed by atoms with Crippen molar-refractivity contribution >= 4 is 0 Å². The predicted octanol–water partition coefficient (Wildman–Crippen LogP) is 1.61. The second-order valence-electron chi connectivity index (χ2n) is 4.42. The monoisotopic (exact) mass is 245 g/mol. The van der Waals surface area contributed by atoms with Gasteiger partial charge in [0.1, 0.15) is 0 Å². The number of aromatic nitrogens is 4. The van der Waals surface area contributed by atoms with Gasteiger partial charge in [0.2, 0.25) is 0 Å². The van der Waals surface area contributed by atoms with E-state index in [9.17, 15) is 0 Å². The molecule has 1 N–H and O–H groups in total. The Morgan fingerprint density at radius 3 is 2.67 bits per heavy atom. The quantitative estimate of drug-likeness (QED) is 0.869. The average molecular weight is 245 g/mol. The Labute approximate surface area is 107 Å². The minimum Gasteiger partial charge on any atom is -0.305 e. The molecule has 0 aromatic carbocycles. The molecule has 1 atom stereocenters. The molecule has 5 nitrogen and oxygen atoms in total. The van der Waals surface area contributed by atoms with E-state index < -0.39 is 0 Å². The minimum absolute atomic E-state index is 0.0618. The molecule has 2 heterocycles. The predicted molar refractivity (Wildman–Crippen MR) is 70.1 cm³/mol. The fraction of sp³-hybridized carbons (Fsp3) is 0.462. The van der Waals surface area contributed by atoms with E-state index in [4.69, 9.17) is 0 Å². The van der Waals surface area contributed by atoms with Crippen LogP contribution >= 0.6 is 0 Å². The van der Waals surface area contributed by atoms with Crippen molar-refractivity contribution in [3.8, 4) is 0 Å². The number of nitrogens with one attached hydrogen (secondary N) is 1. The van der Waals surface area contributed by atoms with Crippen LogP contribution in [0.25, 0.3) is 0 Å². The van der Waals surface area contributed by atoms with Crippen LogP contribution < -0.4 is 5.32 Å². The molecule has 0 saturated heterocycles. The first-order valence-electron chi connectivity index (χ1n) is 6.21. The maximum Gasteiger partial charge on any atom is 0.0802 e. The van der Waals surface area contributed by atoms with Crippen molar-refractivity contribution < 1.29 is 0 Å². The first-order chi connectivity index (χ1) is 8.70. The van der Waals surface area contributed by atoms with Crippen LogP contribution in [0, 0.1) is 6.92 Å². The van der Waals surface area contributed by atoms with Gasteiger partial charge < -0.3 is 5.32 Å². The summed E-state index contributed by atoms with van der Waals surface area (Å²) in [6, 6.07) is 0.0618. The molecule has 2 rings (SSSR count). The molecule has 0 aliphatic heterocycles. The maximum atomic E-state index is 4.46. The molecule has 2 aromatic heterocycles. The molecule has 0 aliphatic rings. The number of hydrogen-bond donors (Lipinski definition) is 1. The molecule has 1 unspecified atom stereocenters. The Hall–Kier alpha value is -1.75. The summed E-state index contributed by atoms with van der Waals surface area (Å²) in [4.78, 5) is 8.77. The third-order valence-electron chi connectivity index (χ3n) is 2.75. The molecule has 96 valence electrons. The van der Waals surface area contributed by atoms with Crippen LogP contribution in [-0.4, -0.2) is 26.3 Å². The lowest BCUT2D eigenvalue weighted by Crippen LogP contribution is -2.24. The summed E-state index contributed by atoms with van der Waals surface area (Å²) in [5.74, 6) is 0. The fourth-order valence-electron chi connectivity index (χ4n) is 1.82. The lowest BCUT2D eigenvalue weighted by Gasteiger charge is -2.16. The van der Waals surface area contributed by atoms with E-state index in [1.165, 1.54) is 0 Å². The number of nitrogens with zero attached hydrogens (tertiary/aromatic N) is 4. The van der Waals surface area contributed by atoms with E-state index >= 15 is 0 Å². The first kappa shape index (κ1) is 12.7. The topological polar surface area (TPSA) is 55.6 Å². The van der Waals surface area contributed by atoms with Gasteiger partial charge in [-0.2, -0.15) is 5.10 Å². The highest BCUT2D eigenvalue weighted by atomic mass is 15.2. The van der Waals surface area contributed by atoms with Gasteiger partial charge in [0, 0.05) is 25.0 Å². The van der Waals surface area contributed by atoms with E-state index in [0.29, 0.717) is 0 Å². The van der Waals surface area contributed by atoms with Gasteiger partial charge in [0.15, 0.2) is 0 Å². The molecule has 0 bridgehead atoms. The molecule has 0 aliphatic carbocycles. The van der Waals surface area contributed by atoms with Crippen molar-refractivity contribution in [2.75, 3.05) is 6.54 Å². The molecule has 0 amide bonds. The second kappa shape index (κ2) is 5.73. The molecular formula is C13H19N5. The number of hydrogen-bond acceptors (Lipinski definition) is 4. The lowest BCUT2D eigenvalue weighted by molar-refractivity contribution is 0.583. The summed E-state index contributed by atoms with van der Waals surface area (Å²) in [5, 5.41) is 7.70. The zero-order valence-electron chi connectivity index (χ0n) is 11.1. The number of aryl methyl sites for hydroxylation is 2. The van der Waals surface area contributed by atoms with Gasteiger partial charge in [-0.05, 0) is 19.9 Å². The zero-order chi connectivity index (χ0) is 13.0. The third-order valence-corrected chi connectivity index (χ3v) is 2.75.